The zero-order valence-corrected chi connectivity index (χ0v) is 18.3. The van der Waals surface area contributed by atoms with Crippen molar-refractivity contribution < 1.29 is 19.1 Å². The van der Waals surface area contributed by atoms with Gasteiger partial charge in [-0.15, -0.1) is 0 Å². The molecule has 1 rings (SSSR count). The molecular weight excluding hydrogens is 368 g/mol. The predicted octanol–water partition coefficient (Wildman–Crippen LogP) is 4.51. The van der Waals surface area contributed by atoms with Crippen molar-refractivity contribution in [2.75, 3.05) is 37.0 Å². The molecule has 0 saturated heterocycles. The van der Waals surface area contributed by atoms with Crippen LogP contribution in [0.1, 0.15) is 57.8 Å². The van der Waals surface area contributed by atoms with Crippen molar-refractivity contribution >= 4 is 23.3 Å². The van der Waals surface area contributed by atoms with Gasteiger partial charge in [0.15, 0.2) is 0 Å². The zero-order valence-electron chi connectivity index (χ0n) is 18.3. The smallest absolute Gasteiger partial charge is 0.340 e. The number of nitrogens with two attached hydrogens (primary N) is 1. The maximum Gasteiger partial charge on any atom is 0.340 e. The van der Waals surface area contributed by atoms with Gasteiger partial charge < -0.3 is 20.1 Å². The lowest BCUT2D eigenvalue weighted by Crippen LogP contribution is -2.35. The molecule has 0 spiro atoms. The van der Waals surface area contributed by atoms with E-state index in [2.05, 4.69) is 19.9 Å². The van der Waals surface area contributed by atoms with Gasteiger partial charge in [0.25, 0.3) is 5.91 Å². The van der Waals surface area contributed by atoms with E-state index in [-0.39, 0.29) is 19.1 Å². The van der Waals surface area contributed by atoms with Crippen molar-refractivity contribution in [1.29, 1.82) is 0 Å². The van der Waals surface area contributed by atoms with Gasteiger partial charge in [-0.05, 0) is 65.7 Å². The van der Waals surface area contributed by atoms with Crippen LogP contribution in [0.25, 0.3) is 0 Å². The molecule has 6 nitrogen and oxygen atoms in total. The molecule has 2 N–H and O–H groups in total. The highest BCUT2D eigenvalue weighted by Crippen LogP contribution is 2.25. The average molecular weight is 403 g/mol. The molecule has 0 aromatic heterocycles. The summed E-state index contributed by atoms with van der Waals surface area (Å²) >= 11 is 0. The van der Waals surface area contributed by atoms with E-state index >= 15 is 0 Å². The molecule has 160 valence electrons. The third-order valence-electron chi connectivity index (χ3n) is 4.25. The number of hydrogen-bond acceptors (Lipinski definition) is 5. The first-order chi connectivity index (χ1) is 13.8. The fourth-order valence-corrected chi connectivity index (χ4v) is 2.69. The zero-order chi connectivity index (χ0) is 21.8. The number of rotatable bonds is 11. The number of esters is 1. The molecule has 1 aromatic rings. The maximum atomic E-state index is 12.8. The van der Waals surface area contributed by atoms with Crippen molar-refractivity contribution in [1.82, 2.24) is 0 Å². The molecule has 0 radical (unpaired) electrons. The van der Waals surface area contributed by atoms with E-state index in [0.717, 1.165) is 12.8 Å². The van der Waals surface area contributed by atoms with Gasteiger partial charge in [0.2, 0.25) is 0 Å². The second-order valence-electron chi connectivity index (χ2n) is 7.01. The highest BCUT2D eigenvalue weighted by atomic mass is 16.5. The van der Waals surface area contributed by atoms with E-state index < -0.39 is 5.97 Å². The van der Waals surface area contributed by atoms with Gasteiger partial charge in [-0.3, -0.25) is 4.79 Å². The summed E-state index contributed by atoms with van der Waals surface area (Å²) in [7, 11) is 0. The monoisotopic (exact) mass is 402 g/mol. The van der Waals surface area contributed by atoms with Crippen molar-refractivity contribution in [3.8, 4) is 0 Å². The average Bonchev–Trinajstić information content (AvgIpc) is 2.66. The molecule has 6 heteroatoms. The molecular formula is C23H34N2O4. The number of amides is 1. The minimum absolute atomic E-state index is 0.0712. The van der Waals surface area contributed by atoms with E-state index in [1.165, 1.54) is 16.0 Å². The number of carbonyl (C=O) groups is 2. The van der Waals surface area contributed by atoms with Crippen molar-refractivity contribution in [3.05, 3.63) is 47.1 Å². The van der Waals surface area contributed by atoms with Crippen molar-refractivity contribution in [2.45, 2.75) is 47.5 Å². The van der Waals surface area contributed by atoms with Crippen LogP contribution in [-0.2, 0) is 14.3 Å². The van der Waals surface area contributed by atoms with Crippen LogP contribution in [0.3, 0.4) is 0 Å². The van der Waals surface area contributed by atoms with Gasteiger partial charge in [-0.25, -0.2) is 4.79 Å². The summed E-state index contributed by atoms with van der Waals surface area (Å²) in [6, 6.07) is 4.85. The predicted molar refractivity (Wildman–Crippen MR) is 118 cm³/mol. The number of carbonyl (C=O) groups excluding carboxylic acids is 2. The van der Waals surface area contributed by atoms with E-state index in [1.807, 2.05) is 19.9 Å². The Labute approximate surface area is 174 Å². The minimum Gasteiger partial charge on any atom is -0.462 e. The molecule has 0 aliphatic rings. The van der Waals surface area contributed by atoms with Crippen LogP contribution in [0.4, 0.5) is 11.4 Å². The van der Waals surface area contributed by atoms with Gasteiger partial charge in [0, 0.05) is 18.8 Å². The molecule has 1 aromatic carbocycles. The number of benzene rings is 1. The molecule has 0 saturated carbocycles. The van der Waals surface area contributed by atoms with Gasteiger partial charge >= 0.3 is 5.97 Å². The lowest BCUT2D eigenvalue weighted by molar-refractivity contribution is -0.122. The molecule has 0 unspecified atom stereocenters. The van der Waals surface area contributed by atoms with Crippen molar-refractivity contribution in [3.63, 3.8) is 0 Å². The van der Waals surface area contributed by atoms with Crippen LogP contribution in [0.15, 0.2) is 41.5 Å². The van der Waals surface area contributed by atoms with Crippen LogP contribution >= 0.6 is 0 Å². The quantitative estimate of drug-likeness (QED) is 0.335. The molecule has 0 fully saturated rings. The first-order valence-electron chi connectivity index (χ1n) is 10.0. The summed E-state index contributed by atoms with van der Waals surface area (Å²) in [5.74, 6) is -0.725. The van der Waals surface area contributed by atoms with Gasteiger partial charge in [0.1, 0.15) is 6.61 Å². The summed E-state index contributed by atoms with van der Waals surface area (Å²) in [4.78, 5) is 26.8. The number of ether oxygens (including phenoxy) is 2. The normalized spacial score (nSPS) is 11.1. The number of anilines is 2. The minimum atomic E-state index is -0.485. The Morgan fingerprint density at radius 2 is 1.83 bits per heavy atom. The van der Waals surface area contributed by atoms with E-state index in [9.17, 15) is 9.59 Å². The molecule has 0 atom stereocenters. The topological polar surface area (TPSA) is 81.9 Å². The summed E-state index contributed by atoms with van der Waals surface area (Å²) in [6.45, 7) is 10.7. The Bertz CT molecular complexity index is 749. The first kappa shape index (κ1) is 24.4. The molecule has 0 bridgehead atoms. The fourth-order valence-electron chi connectivity index (χ4n) is 2.69. The van der Waals surface area contributed by atoms with E-state index in [0.29, 0.717) is 30.1 Å². The lowest BCUT2D eigenvalue weighted by atomic mass is 10.1. The first-order valence-corrected chi connectivity index (χ1v) is 10.0. The largest absolute Gasteiger partial charge is 0.462 e. The summed E-state index contributed by atoms with van der Waals surface area (Å²) < 4.78 is 10.5. The Morgan fingerprint density at radius 1 is 1.10 bits per heavy atom. The molecule has 0 aliphatic heterocycles. The molecule has 29 heavy (non-hydrogen) atoms. The fraction of sp³-hybridized carbons (Fsp3) is 0.478. The SMILES string of the molecule is CCOCC(=O)N(C/C=C(\C)CCC=C(C)C)c1cc(N)ccc1C(=O)OCC. The Kier molecular flexibility index (Phi) is 10.8. The van der Waals surface area contributed by atoms with Gasteiger partial charge in [-0.2, -0.15) is 0 Å². The number of nitrogens with zero attached hydrogens (tertiary/aromatic N) is 1. The van der Waals surface area contributed by atoms with E-state index in [4.69, 9.17) is 15.2 Å². The van der Waals surface area contributed by atoms with E-state index in [1.54, 1.807) is 25.1 Å². The van der Waals surface area contributed by atoms with Crippen molar-refractivity contribution in [2.24, 2.45) is 0 Å². The van der Waals surface area contributed by atoms with Crippen LogP contribution < -0.4 is 10.6 Å². The Morgan fingerprint density at radius 3 is 2.45 bits per heavy atom. The second-order valence-corrected chi connectivity index (χ2v) is 7.01. The third kappa shape index (κ3) is 8.52. The van der Waals surface area contributed by atoms with Crippen LogP contribution in [0, 0.1) is 0 Å². The number of nitrogen functional groups attached to an aromatic ring is 1. The highest BCUT2D eigenvalue weighted by molar-refractivity contribution is 6.03. The Hall–Kier alpha value is -2.60. The molecule has 1 amide bonds. The molecule has 0 heterocycles. The second kappa shape index (κ2) is 12.8. The summed E-state index contributed by atoms with van der Waals surface area (Å²) in [5, 5.41) is 0. The van der Waals surface area contributed by atoms with Gasteiger partial charge in [-0.1, -0.05) is 23.3 Å². The summed E-state index contributed by atoms with van der Waals surface area (Å²) in [6.07, 6.45) is 6.04. The standard InChI is InChI=1S/C23H34N2O4/c1-6-28-16-22(26)25(14-13-18(5)10-8-9-17(3)4)21-15-19(24)11-12-20(21)23(27)29-7-2/h9,11-13,15H,6-8,10,14,16,24H2,1-5H3/b18-13+. The van der Waals surface area contributed by atoms with Crippen LogP contribution in [0.5, 0.6) is 0 Å². The van der Waals surface area contributed by atoms with Crippen LogP contribution in [0.2, 0.25) is 0 Å². The third-order valence-corrected chi connectivity index (χ3v) is 4.25. The molecule has 0 aliphatic carbocycles. The summed E-state index contributed by atoms with van der Waals surface area (Å²) in [5.41, 5.74) is 9.60. The van der Waals surface area contributed by atoms with Crippen LogP contribution in [-0.4, -0.2) is 38.2 Å². The van der Waals surface area contributed by atoms with Gasteiger partial charge in [0.05, 0.1) is 17.9 Å². The highest BCUT2D eigenvalue weighted by Gasteiger charge is 2.22. The lowest BCUT2D eigenvalue weighted by Gasteiger charge is -2.24. The number of hydrogen-bond donors (Lipinski definition) is 1. The number of allylic oxidation sites excluding steroid dienone is 3. The Balaban J connectivity index is 3.19. The maximum absolute atomic E-state index is 12.8.